The van der Waals surface area contributed by atoms with E-state index in [9.17, 15) is 4.79 Å². The van der Waals surface area contributed by atoms with Crippen LogP contribution < -0.4 is 0 Å². The molecule has 0 spiro atoms. The summed E-state index contributed by atoms with van der Waals surface area (Å²) in [7, 11) is 0. The van der Waals surface area contributed by atoms with Crippen molar-refractivity contribution in [1.29, 1.82) is 0 Å². The zero-order chi connectivity index (χ0) is 12.8. The third kappa shape index (κ3) is 4.60. The van der Waals surface area contributed by atoms with Gasteiger partial charge in [0.05, 0.1) is 18.8 Å². The number of fused-ring (bicyclic) bond motifs is 1. The number of carbonyl (C=O) groups is 1. The molecule has 3 nitrogen and oxygen atoms in total. The molecule has 0 aromatic carbocycles. The third-order valence-corrected chi connectivity index (χ3v) is 4.08. The van der Waals surface area contributed by atoms with Crippen LogP contribution in [0.15, 0.2) is 0 Å². The average Bonchev–Trinajstić information content (AvgIpc) is 3.14. The molecule has 1 saturated carbocycles. The molecular weight excluding hydrogens is 228 g/mol. The summed E-state index contributed by atoms with van der Waals surface area (Å²) in [5.41, 5.74) is 0. The van der Waals surface area contributed by atoms with Crippen LogP contribution in [0.3, 0.4) is 0 Å². The normalized spacial score (nSPS) is 29.7. The Morgan fingerprint density at radius 1 is 1.17 bits per heavy atom. The summed E-state index contributed by atoms with van der Waals surface area (Å²) in [6.07, 6.45) is 10.9. The highest BCUT2D eigenvalue weighted by molar-refractivity contribution is 5.69. The largest absolute Gasteiger partial charge is 0.465 e. The number of rotatable bonds is 8. The van der Waals surface area contributed by atoms with Crippen molar-refractivity contribution in [2.24, 2.45) is 5.92 Å². The molecule has 0 N–H and O–H groups in total. The van der Waals surface area contributed by atoms with Crippen LogP contribution in [0.25, 0.3) is 0 Å². The number of unbranched alkanes of at least 4 members (excludes halogenated alkanes) is 4. The standard InChI is InChI=1S/C15H26O3/c1-2-3-4-5-6-7-15(16)17-11-12-8-9-13-14(10-12)18-13/h12-14H,2-11H2,1H3. The van der Waals surface area contributed by atoms with Gasteiger partial charge in [-0.1, -0.05) is 32.6 Å². The number of esters is 1. The smallest absolute Gasteiger partial charge is 0.305 e. The first-order chi connectivity index (χ1) is 8.79. The fraction of sp³-hybridized carbons (Fsp3) is 0.933. The molecule has 1 saturated heterocycles. The molecule has 2 aliphatic rings. The van der Waals surface area contributed by atoms with Crippen LogP contribution in [-0.4, -0.2) is 24.8 Å². The van der Waals surface area contributed by atoms with E-state index < -0.39 is 0 Å². The number of hydrogen-bond acceptors (Lipinski definition) is 3. The molecule has 1 heterocycles. The van der Waals surface area contributed by atoms with E-state index in [2.05, 4.69) is 6.92 Å². The Morgan fingerprint density at radius 3 is 2.78 bits per heavy atom. The Hall–Kier alpha value is -0.570. The van der Waals surface area contributed by atoms with E-state index in [4.69, 9.17) is 9.47 Å². The molecule has 0 radical (unpaired) electrons. The van der Waals surface area contributed by atoms with Gasteiger partial charge in [0.2, 0.25) is 0 Å². The van der Waals surface area contributed by atoms with Gasteiger partial charge in [0.15, 0.2) is 0 Å². The van der Waals surface area contributed by atoms with E-state index in [1.54, 1.807) is 0 Å². The highest BCUT2D eigenvalue weighted by Crippen LogP contribution is 2.39. The quantitative estimate of drug-likeness (QED) is 0.378. The molecule has 1 aliphatic carbocycles. The number of hydrogen-bond donors (Lipinski definition) is 0. The van der Waals surface area contributed by atoms with Crippen molar-refractivity contribution in [1.82, 2.24) is 0 Å². The molecule has 0 amide bonds. The van der Waals surface area contributed by atoms with Gasteiger partial charge in [0, 0.05) is 6.42 Å². The molecule has 3 unspecified atom stereocenters. The number of carbonyl (C=O) groups excluding carboxylic acids is 1. The van der Waals surface area contributed by atoms with Gasteiger partial charge in [-0.2, -0.15) is 0 Å². The van der Waals surface area contributed by atoms with Crippen LogP contribution in [0.2, 0.25) is 0 Å². The van der Waals surface area contributed by atoms with Gasteiger partial charge in [0.25, 0.3) is 0 Å². The minimum absolute atomic E-state index is 0.00895. The van der Waals surface area contributed by atoms with Crippen molar-refractivity contribution in [3.8, 4) is 0 Å². The lowest BCUT2D eigenvalue weighted by atomic mass is 9.90. The van der Waals surface area contributed by atoms with E-state index in [0.717, 1.165) is 32.1 Å². The highest BCUT2D eigenvalue weighted by Gasteiger charge is 2.43. The first kappa shape index (κ1) is 13.9. The topological polar surface area (TPSA) is 38.8 Å². The van der Waals surface area contributed by atoms with Gasteiger partial charge in [-0.3, -0.25) is 4.79 Å². The Morgan fingerprint density at radius 2 is 2.00 bits per heavy atom. The molecule has 2 rings (SSSR count). The predicted octanol–water partition coefficient (Wildman–Crippen LogP) is 3.46. The maximum Gasteiger partial charge on any atom is 0.305 e. The molecule has 3 heteroatoms. The summed E-state index contributed by atoms with van der Waals surface area (Å²) >= 11 is 0. The maximum absolute atomic E-state index is 11.6. The highest BCUT2D eigenvalue weighted by atomic mass is 16.6. The van der Waals surface area contributed by atoms with Crippen LogP contribution in [0.1, 0.15) is 64.7 Å². The van der Waals surface area contributed by atoms with E-state index in [0.29, 0.717) is 31.2 Å². The molecule has 1 aliphatic heterocycles. The molecule has 0 aromatic heterocycles. The lowest BCUT2D eigenvalue weighted by Gasteiger charge is -2.18. The number of epoxide rings is 1. The molecule has 3 atom stereocenters. The lowest BCUT2D eigenvalue weighted by molar-refractivity contribution is -0.145. The van der Waals surface area contributed by atoms with Crippen molar-refractivity contribution < 1.29 is 14.3 Å². The molecule has 18 heavy (non-hydrogen) atoms. The van der Waals surface area contributed by atoms with Gasteiger partial charge in [-0.15, -0.1) is 0 Å². The molecule has 0 aromatic rings. The third-order valence-electron chi connectivity index (χ3n) is 4.08. The van der Waals surface area contributed by atoms with Crippen molar-refractivity contribution in [2.45, 2.75) is 76.9 Å². The van der Waals surface area contributed by atoms with Gasteiger partial charge in [-0.25, -0.2) is 0 Å². The Balaban J connectivity index is 1.46. The molecule has 0 bridgehead atoms. The fourth-order valence-electron chi connectivity index (χ4n) is 2.79. The van der Waals surface area contributed by atoms with Crippen molar-refractivity contribution in [3.63, 3.8) is 0 Å². The van der Waals surface area contributed by atoms with E-state index in [-0.39, 0.29) is 5.97 Å². The first-order valence-electron chi connectivity index (χ1n) is 7.60. The minimum Gasteiger partial charge on any atom is -0.465 e. The molecule has 104 valence electrons. The summed E-state index contributed by atoms with van der Waals surface area (Å²) in [4.78, 5) is 11.6. The second-order valence-corrected chi connectivity index (χ2v) is 5.74. The summed E-state index contributed by atoms with van der Waals surface area (Å²) in [6.45, 7) is 2.81. The first-order valence-corrected chi connectivity index (χ1v) is 7.60. The van der Waals surface area contributed by atoms with Crippen LogP contribution in [0, 0.1) is 5.92 Å². The SMILES string of the molecule is CCCCCCCC(=O)OCC1CCC2OC2C1. The minimum atomic E-state index is -0.00895. The van der Waals surface area contributed by atoms with Crippen molar-refractivity contribution in [2.75, 3.05) is 6.61 Å². The van der Waals surface area contributed by atoms with E-state index in [1.165, 1.54) is 19.3 Å². The predicted molar refractivity (Wildman–Crippen MR) is 70.3 cm³/mol. The number of ether oxygens (including phenoxy) is 2. The van der Waals surface area contributed by atoms with Crippen LogP contribution in [-0.2, 0) is 14.3 Å². The van der Waals surface area contributed by atoms with Gasteiger partial charge < -0.3 is 9.47 Å². The van der Waals surface area contributed by atoms with Gasteiger partial charge in [0.1, 0.15) is 0 Å². The zero-order valence-corrected chi connectivity index (χ0v) is 11.5. The van der Waals surface area contributed by atoms with E-state index >= 15 is 0 Å². The Labute approximate surface area is 110 Å². The second-order valence-electron chi connectivity index (χ2n) is 5.74. The summed E-state index contributed by atoms with van der Waals surface area (Å²) < 4.78 is 10.8. The zero-order valence-electron chi connectivity index (χ0n) is 11.5. The fourth-order valence-corrected chi connectivity index (χ4v) is 2.79. The summed E-state index contributed by atoms with van der Waals surface area (Å²) in [6, 6.07) is 0. The van der Waals surface area contributed by atoms with Gasteiger partial charge >= 0.3 is 5.97 Å². The van der Waals surface area contributed by atoms with Gasteiger partial charge in [-0.05, 0) is 31.6 Å². The van der Waals surface area contributed by atoms with Crippen molar-refractivity contribution >= 4 is 5.97 Å². The molecular formula is C15H26O3. The average molecular weight is 254 g/mol. The molecule has 2 fully saturated rings. The maximum atomic E-state index is 11.6. The van der Waals surface area contributed by atoms with Crippen LogP contribution in [0.4, 0.5) is 0 Å². The van der Waals surface area contributed by atoms with Crippen LogP contribution >= 0.6 is 0 Å². The van der Waals surface area contributed by atoms with Crippen molar-refractivity contribution in [3.05, 3.63) is 0 Å². The Bertz CT molecular complexity index is 264. The van der Waals surface area contributed by atoms with Crippen LogP contribution in [0.5, 0.6) is 0 Å². The summed E-state index contributed by atoms with van der Waals surface area (Å²) in [5.74, 6) is 0.531. The van der Waals surface area contributed by atoms with E-state index in [1.807, 2.05) is 0 Å². The second kappa shape index (κ2) is 7.13. The summed E-state index contributed by atoms with van der Waals surface area (Å²) in [5, 5.41) is 0. The monoisotopic (exact) mass is 254 g/mol. The Kier molecular flexibility index (Phi) is 5.48. The lowest BCUT2D eigenvalue weighted by Crippen LogP contribution is -2.20.